The van der Waals surface area contributed by atoms with Crippen LogP contribution in [0.15, 0.2) is 0 Å². The standard InChI is InChI=1S/C7H13NO4/c8-4-1-3(7(11)12)2-5(9)6(4)10/h3-6,9-10H,1-2,8H2,(H,11,12). The van der Waals surface area contributed by atoms with Crippen LogP contribution in [0.25, 0.3) is 0 Å². The van der Waals surface area contributed by atoms with Crippen LogP contribution >= 0.6 is 0 Å². The summed E-state index contributed by atoms with van der Waals surface area (Å²) >= 11 is 0. The molecule has 4 atom stereocenters. The molecule has 70 valence electrons. The molecular formula is C7H13NO4. The first-order valence-electron chi connectivity index (χ1n) is 3.87. The molecule has 1 saturated carbocycles. The van der Waals surface area contributed by atoms with Gasteiger partial charge in [-0.25, -0.2) is 0 Å². The van der Waals surface area contributed by atoms with Gasteiger partial charge >= 0.3 is 5.97 Å². The predicted molar refractivity (Wildman–Crippen MR) is 40.3 cm³/mol. The number of carboxylic acids is 1. The summed E-state index contributed by atoms with van der Waals surface area (Å²) in [5.41, 5.74) is 5.42. The highest BCUT2D eigenvalue weighted by molar-refractivity contribution is 5.70. The lowest BCUT2D eigenvalue weighted by Gasteiger charge is -2.32. The fourth-order valence-corrected chi connectivity index (χ4v) is 1.48. The number of hydrogen-bond acceptors (Lipinski definition) is 4. The Morgan fingerprint density at radius 1 is 1.33 bits per heavy atom. The highest BCUT2D eigenvalue weighted by Crippen LogP contribution is 2.24. The molecule has 0 radical (unpaired) electrons. The first-order chi connectivity index (χ1) is 5.52. The third-order valence-corrected chi connectivity index (χ3v) is 2.26. The van der Waals surface area contributed by atoms with E-state index < -0.39 is 30.1 Å². The van der Waals surface area contributed by atoms with Crippen molar-refractivity contribution < 1.29 is 20.1 Å². The Morgan fingerprint density at radius 3 is 2.33 bits per heavy atom. The molecule has 0 amide bonds. The first kappa shape index (κ1) is 9.44. The van der Waals surface area contributed by atoms with E-state index in [1.54, 1.807) is 0 Å². The summed E-state index contributed by atoms with van der Waals surface area (Å²) in [5, 5.41) is 27.0. The van der Waals surface area contributed by atoms with E-state index in [-0.39, 0.29) is 12.8 Å². The Hall–Kier alpha value is -0.650. The SMILES string of the molecule is NC1CC(C(=O)O)CC(O)C1O. The van der Waals surface area contributed by atoms with Crippen molar-refractivity contribution in [2.75, 3.05) is 0 Å². The van der Waals surface area contributed by atoms with Gasteiger partial charge in [-0.1, -0.05) is 0 Å². The second-order valence-electron chi connectivity index (χ2n) is 3.23. The second-order valence-corrected chi connectivity index (χ2v) is 3.23. The van der Waals surface area contributed by atoms with Crippen molar-refractivity contribution in [3.8, 4) is 0 Å². The molecule has 0 aromatic carbocycles. The average molecular weight is 175 g/mol. The zero-order valence-electron chi connectivity index (χ0n) is 6.55. The molecule has 0 aromatic heterocycles. The van der Waals surface area contributed by atoms with Crippen LogP contribution in [0.4, 0.5) is 0 Å². The molecule has 4 unspecified atom stereocenters. The summed E-state index contributed by atoms with van der Waals surface area (Å²) in [6.07, 6.45) is -1.67. The molecule has 1 aliphatic rings. The molecule has 0 aromatic rings. The van der Waals surface area contributed by atoms with Crippen molar-refractivity contribution in [3.63, 3.8) is 0 Å². The molecule has 0 heterocycles. The Labute approximate surface area is 69.8 Å². The smallest absolute Gasteiger partial charge is 0.306 e. The largest absolute Gasteiger partial charge is 0.481 e. The fraction of sp³-hybridized carbons (Fsp3) is 0.857. The number of carbonyl (C=O) groups is 1. The van der Waals surface area contributed by atoms with Gasteiger partial charge in [-0.15, -0.1) is 0 Å². The van der Waals surface area contributed by atoms with Gasteiger partial charge in [-0.2, -0.15) is 0 Å². The fourth-order valence-electron chi connectivity index (χ4n) is 1.48. The molecule has 0 spiro atoms. The Balaban J connectivity index is 2.59. The lowest BCUT2D eigenvalue weighted by atomic mass is 9.82. The van der Waals surface area contributed by atoms with Crippen LogP contribution in [-0.2, 0) is 4.79 Å². The molecule has 1 rings (SSSR count). The summed E-state index contributed by atoms with van der Waals surface area (Å²) in [5.74, 6) is -1.59. The van der Waals surface area contributed by atoms with E-state index in [0.717, 1.165) is 0 Å². The monoisotopic (exact) mass is 175 g/mol. The van der Waals surface area contributed by atoms with Crippen molar-refractivity contribution in [2.24, 2.45) is 11.7 Å². The maximum Gasteiger partial charge on any atom is 0.306 e. The number of carboxylic acid groups (broad SMARTS) is 1. The molecule has 1 fully saturated rings. The molecule has 12 heavy (non-hydrogen) atoms. The van der Waals surface area contributed by atoms with Gasteiger partial charge in [0.15, 0.2) is 0 Å². The molecule has 5 heteroatoms. The predicted octanol–water partition coefficient (Wildman–Crippen LogP) is -1.47. The average Bonchev–Trinajstić information content (AvgIpc) is 1.99. The summed E-state index contributed by atoms with van der Waals surface area (Å²) in [6.45, 7) is 0. The van der Waals surface area contributed by atoms with Crippen LogP contribution in [0.3, 0.4) is 0 Å². The third-order valence-electron chi connectivity index (χ3n) is 2.26. The van der Waals surface area contributed by atoms with Crippen molar-refractivity contribution in [1.29, 1.82) is 0 Å². The van der Waals surface area contributed by atoms with E-state index in [1.165, 1.54) is 0 Å². The maximum absolute atomic E-state index is 10.5. The highest BCUT2D eigenvalue weighted by atomic mass is 16.4. The Morgan fingerprint density at radius 2 is 1.92 bits per heavy atom. The maximum atomic E-state index is 10.5. The van der Waals surface area contributed by atoms with Crippen molar-refractivity contribution in [3.05, 3.63) is 0 Å². The normalized spacial score (nSPS) is 42.6. The lowest BCUT2D eigenvalue weighted by Crippen LogP contribution is -2.50. The summed E-state index contributed by atoms with van der Waals surface area (Å²) in [6, 6.07) is -0.630. The lowest BCUT2D eigenvalue weighted by molar-refractivity contribution is -0.147. The minimum absolute atomic E-state index is 0.0875. The number of aliphatic carboxylic acids is 1. The van der Waals surface area contributed by atoms with Gasteiger partial charge in [0.1, 0.15) is 0 Å². The molecule has 5 N–H and O–H groups in total. The minimum Gasteiger partial charge on any atom is -0.481 e. The quantitative estimate of drug-likeness (QED) is 0.389. The molecular weight excluding hydrogens is 162 g/mol. The van der Waals surface area contributed by atoms with E-state index in [2.05, 4.69) is 0 Å². The third kappa shape index (κ3) is 1.74. The molecule has 0 aliphatic heterocycles. The van der Waals surface area contributed by atoms with Gasteiger partial charge in [0.2, 0.25) is 0 Å². The van der Waals surface area contributed by atoms with Crippen LogP contribution in [0.2, 0.25) is 0 Å². The van der Waals surface area contributed by atoms with Crippen LogP contribution < -0.4 is 5.73 Å². The second kappa shape index (κ2) is 3.38. The molecule has 5 nitrogen and oxygen atoms in total. The zero-order valence-corrected chi connectivity index (χ0v) is 6.55. The van der Waals surface area contributed by atoms with Gasteiger partial charge < -0.3 is 21.1 Å². The van der Waals surface area contributed by atoms with Gasteiger partial charge in [-0.05, 0) is 12.8 Å². The van der Waals surface area contributed by atoms with E-state index in [1.807, 2.05) is 0 Å². The first-order valence-corrected chi connectivity index (χ1v) is 3.87. The number of nitrogens with two attached hydrogens (primary N) is 1. The number of aliphatic hydroxyl groups is 2. The van der Waals surface area contributed by atoms with Gasteiger partial charge in [0.25, 0.3) is 0 Å². The van der Waals surface area contributed by atoms with Gasteiger partial charge in [0, 0.05) is 6.04 Å². The Bertz CT molecular complexity index is 172. The van der Waals surface area contributed by atoms with Crippen LogP contribution in [0, 0.1) is 5.92 Å². The van der Waals surface area contributed by atoms with Gasteiger partial charge in [-0.3, -0.25) is 4.79 Å². The van der Waals surface area contributed by atoms with E-state index in [0.29, 0.717) is 0 Å². The van der Waals surface area contributed by atoms with Crippen molar-refractivity contribution in [2.45, 2.75) is 31.1 Å². The number of hydrogen-bond donors (Lipinski definition) is 4. The van der Waals surface area contributed by atoms with Crippen LogP contribution in [0.5, 0.6) is 0 Å². The highest BCUT2D eigenvalue weighted by Gasteiger charge is 2.36. The summed E-state index contributed by atoms with van der Waals surface area (Å²) < 4.78 is 0. The summed E-state index contributed by atoms with van der Waals surface area (Å²) in [4.78, 5) is 10.5. The zero-order chi connectivity index (χ0) is 9.30. The van der Waals surface area contributed by atoms with E-state index in [4.69, 9.17) is 10.8 Å². The molecule has 1 aliphatic carbocycles. The topological polar surface area (TPSA) is 104 Å². The van der Waals surface area contributed by atoms with E-state index >= 15 is 0 Å². The number of rotatable bonds is 1. The minimum atomic E-state index is -1.00. The van der Waals surface area contributed by atoms with Gasteiger partial charge in [0.05, 0.1) is 18.1 Å². The van der Waals surface area contributed by atoms with E-state index in [9.17, 15) is 15.0 Å². The molecule has 0 saturated heterocycles. The van der Waals surface area contributed by atoms with Crippen LogP contribution in [0.1, 0.15) is 12.8 Å². The number of aliphatic hydroxyl groups excluding tert-OH is 2. The van der Waals surface area contributed by atoms with Crippen molar-refractivity contribution >= 4 is 5.97 Å². The van der Waals surface area contributed by atoms with Crippen molar-refractivity contribution in [1.82, 2.24) is 0 Å². The Kier molecular flexibility index (Phi) is 2.66. The summed E-state index contributed by atoms with van der Waals surface area (Å²) in [7, 11) is 0. The van der Waals surface area contributed by atoms with Crippen LogP contribution in [-0.4, -0.2) is 39.5 Å². The molecule has 0 bridgehead atoms.